The highest BCUT2D eigenvalue weighted by Crippen LogP contribution is 2.46. The summed E-state index contributed by atoms with van der Waals surface area (Å²) in [5.74, 6) is -0.334. The van der Waals surface area contributed by atoms with Crippen LogP contribution in [0.2, 0.25) is 0 Å². The van der Waals surface area contributed by atoms with Gasteiger partial charge in [-0.2, -0.15) is 0 Å². The monoisotopic (exact) mass is 381 g/mol. The van der Waals surface area contributed by atoms with Crippen molar-refractivity contribution in [2.75, 3.05) is 7.11 Å². The highest BCUT2D eigenvalue weighted by atomic mass is 16.5. The van der Waals surface area contributed by atoms with E-state index in [0.717, 1.165) is 33.3 Å². The van der Waals surface area contributed by atoms with Crippen LogP contribution in [0, 0.1) is 0 Å². The Morgan fingerprint density at radius 3 is 2.31 bits per heavy atom. The number of carbonyl (C=O) groups is 1. The highest BCUT2D eigenvalue weighted by Gasteiger charge is 2.34. The molecule has 0 N–H and O–H groups in total. The van der Waals surface area contributed by atoms with Crippen LogP contribution in [0.15, 0.2) is 83.7 Å². The third-order valence-corrected chi connectivity index (χ3v) is 5.66. The van der Waals surface area contributed by atoms with Gasteiger partial charge in [-0.15, -0.1) is 0 Å². The number of aromatic nitrogens is 1. The number of fused-ring (bicyclic) bond motifs is 4. The van der Waals surface area contributed by atoms with Gasteiger partial charge in [-0.3, -0.25) is 14.2 Å². The number of rotatable bonds is 3. The van der Waals surface area contributed by atoms with Crippen molar-refractivity contribution in [1.29, 1.82) is 0 Å². The van der Waals surface area contributed by atoms with Gasteiger partial charge in [-0.05, 0) is 22.6 Å². The van der Waals surface area contributed by atoms with Crippen LogP contribution < -0.4 is 5.56 Å². The highest BCUT2D eigenvalue weighted by molar-refractivity contribution is 6.04. The maximum Gasteiger partial charge on any atom is 0.307 e. The summed E-state index contributed by atoms with van der Waals surface area (Å²) in [6, 6.07) is 25.3. The Balaban J connectivity index is 1.94. The molecule has 5 rings (SSSR count). The molecular formula is C25H19NO3. The molecule has 142 valence electrons. The topological polar surface area (TPSA) is 48.3 Å². The molecule has 4 heteroatoms. The van der Waals surface area contributed by atoms with Crippen LogP contribution in [0.1, 0.15) is 18.0 Å². The number of hydrogen-bond donors (Lipinski definition) is 0. The zero-order valence-corrected chi connectivity index (χ0v) is 16.0. The van der Waals surface area contributed by atoms with Crippen LogP contribution in [0.3, 0.4) is 0 Å². The quantitative estimate of drug-likeness (QED) is 0.479. The van der Waals surface area contributed by atoms with Gasteiger partial charge in [0.2, 0.25) is 0 Å². The molecule has 1 unspecified atom stereocenters. The Morgan fingerprint density at radius 2 is 1.55 bits per heavy atom. The van der Waals surface area contributed by atoms with Gasteiger partial charge in [-0.1, -0.05) is 72.8 Å². The summed E-state index contributed by atoms with van der Waals surface area (Å²) in [6.07, 6.45) is 0.118. The Labute approximate surface area is 168 Å². The normalized spacial score (nSPS) is 14.4. The number of methoxy groups -OCH3 is 1. The molecule has 1 atom stereocenters. The lowest BCUT2D eigenvalue weighted by atomic mass is 9.93. The number of hydrogen-bond acceptors (Lipinski definition) is 3. The van der Waals surface area contributed by atoms with E-state index < -0.39 is 0 Å². The van der Waals surface area contributed by atoms with E-state index in [-0.39, 0.29) is 24.0 Å². The van der Waals surface area contributed by atoms with Crippen LogP contribution in [-0.2, 0) is 9.53 Å². The van der Waals surface area contributed by atoms with E-state index in [0.29, 0.717) is 5.39 Å². The maximum atomic E-state index is 13.6. The summed E-state index contributed by atoms with van der Waals surface area (Å²) in [5, 5.41) is 1.57. The lowest BCUT2D eigenvalue weighted by molar-refractivity contribution is -0.141. The zero-order chi connectivity index (χ0) is 20.0. The zero-order valence-electron chi connectivity index (χ0n) is 16.0. The molecule has 0 saturated carbocycles. The largest absolute Gasteiger partial charge is 0.469 e. The van der Waals surface area contributed by atoms with Crippen molar-refractivity contribution in [3.63, 3.8) is 0 Å². The minimum atomic E-state index is -0.381. The molecule has 0 aliphatic carbocycles. The minimum Gasteiger partial charge on any atom is -0.469 e. The van der Waals surface area contributed by atoms with Crippen molar-refractivity contribution in [3.8, 4) is 22.4 Å². The summed E-state index contributed by atoms with van der Waals surface area (Å²) in [4.78, 5) is 25.7. The molecule has 0 saturated heterocycles. The lowest BCUT2D eigenvalue weighted by Gasteiger charge is -2.18. The van der Waals surface area contributed by atoms with Crippen LogP contribution in [0.5, 0.6) is 0 Å². The van der Waals surface area contributed by atoms with Crippen LogP contribution in [-0.4, -0.2) is 17.6 Å². The minimum absolute atomic E-state index is 0.0830. The molecule has 4 aromatic rings. The van der Waals surface area contributed by atoms with Gasteiger partial charge in [0.05, 0.1) is 25.3 Å². The predicted molar refractivity (Wildman–Crippen MR) is 114 cm³/mol. The first-order valence-electron chi connectivity index (χ1n) is 9.59. The summed E-state index contributed by atoms with van der Waals surface area (Å²) < 4.78 is 6.71. The second-order valence-electron chi connectivity index (χ2n) is 7.19. The summed E-state index contributed by atoms with van der Waals surface area (Å²) in [6.45, 7) is 0. The average Bonchev–Trinajstić information content (AvgIpc) is 3.09. The van der Waals surface area contributed by atoms with Crippen molar-refractivity contribution in [1.82, 2.24) is 4.57 Å². The van der Waals surface area contributed by atoms with Gasteiger partial charge in [0, 0.05) is 16.5 Å². The summed E-state index contributed by atoms with van der Waals surface area (Å²) >= 11 is 0. The molecule has 1 aliphatic heterocycles. The number of ether oxygens (including phenoxy) is 1. The standard InChI is InChI=1S/C25H19NO3/c1-29-22(27)15-21-17-11-5-7-13-19(17)24-23(16-9-3-2-4-10-16)18-12-6-8-14-20(18)25(28)26(21)24/h2-14,21H,15H2,1H3. The first-order chi connectivity index (χ1) is 14.2. The number of benzene rings is 3. The third kappa shape index (κ3) is 2.60. The lowest BCUT2D eigenvalue weighted by Crippen LogP contribution is -2.26. The fraction of sp³-hybridized carbons (Fsp3) is 0.120. The van der Waals surface area contributed by atoms with Crippen LogP contribution in [0.4, 0.5) is 0 Å². The van der Waals surface area contributed by atoms with Crippen molar-refractivity contribution in [2.24, 2.45) is 0 Å². The Kier molecular flexibility index (Phi) is 4.06. The van der Waals surface area contributed by atoms with E-state index in [1.54, 1.807) is 4.57 Å². The second-order valence-corrected chi connectivity index (χ2v) is 7.19. The Bertz CT molecular complexity index is 1300. The molecule has 2 heterocycles. The number of pyridine rings is 1. The van der Waals surface area contributed by atoms with Crippen molar-refractivity contribution < 1.29 is 9.53 Å². The fourth-order valence-electron chi connectivity index (χ4n) is 4.41. The van der Waals surface area contributed by atoms with Crippen molar-refractivity contribution in [3.05, 3.63) is 94.8 Å². The average molecular weight is 381 g/mol. The van der Waals surface area contributed by atoms with Gasteiger partial charge in [0.1, 0.15) is 0 Å². The van der Waals surface area contributed by atoms with E-state index in [4.69, 9.17) is 4.74 Å². The smallest absolute Gasteiger partial charge is 0.307 e. The van der Waals surface area contributed by atoms with Gasteiger partial charge in [0.25, 0.3) is 5.56 Å². The number of nitrogens with zero attached hydrogens (tertiary/aromatic N) is 1. The molecule has 1 aromatic heterocycles. The number of carbonyl (C=O) groups excluding carboxylic acids is 1. The molecular weight excluding hydrogens is 362 g/mol. The fourth-order valence-corrected chi connectivity index (χ4v) is 4.41. The van der Waals surface area contributed by atoms with E-state index in [2.05, 4.69) is 12.1 Å². The molecule has 4 nitrogen and oxygen atoms in total. The van der Waals surface area contributed by atoms with E-state index >= 15 is 0 Å². The number of esters is 1. The Morgan fingerprint density at radius 1 is 0.897 bits per heavy atom. The van der Waals surface area contributed by atoms with E-state index in [1.165, 1.54) is 7.11 Å². The van der Waals surface area contributed by atoms with Crippen molar-refractivity contribution >= 4 is 16.7 Å². The Hall–Kier alpha value is -3.66. The van der Waals surface area contributed by atoms with Crippen LogP contribution >= 0.6 is 0 Å². The van der Waals surface area contributed by atoms with Gasteiger partial charge in [0.15, 0.2) is 0 Å². The van der Waals surface area contributed by atoms with Crippen LogP contribution in [0.25, 0.3) is 33.2 Å². The maximum absolute atomic E-state index is 13.6. The van der Waals surface area contributed by atoms with Gasteiger partial charge < -0.3 is 4.74 Å². The molecule has 0 fully saturated rings. The summed E-state index contributed by atoms with van der Waals surface area (Å²) in [5.41, 5.74) is 4.80. The third-order valence-electron chi connectivity index (χ3n) is 5.66. The molecule has 29 heavy (non-hydrogen) atoms. The van der Waals surface area contributed by atoms with E-state index in [9.17, 15) is 9.59 Å². The van der Waals surface area contributed by atoms with Gasteiger partial charge in [-0.25, -0.2) is 0 Å². The SMILES string of the molecule is COC(=O)CC1c2ccccc2-c2c(-c3ccccc3)c3ccccc3c(=O)n21. The molecule has 1 aliphatic rings. The molecule has 0 bridgehead atoms. The van der Waals surface area contributed by atoms with E-state index in [1.807, 2.05) is 66.7 Å². The molecule has 3 aromatic carbocycles. The predicted octanol–water partition coefficient (Wildman–Crippen LogP) is 4.80. The first-order valence-corrected chi connectivity index (χ1v) is 9.59. The summed E-state index contributed by atoms with van der Waals surface area (Å²) in [7, 11) is 1.38. The van der Waals surface area contributed by atoms with Gasteiger partial charge >= 0.3 is 5.97 Å². The second kappa shape index (κ2) is 6.74. The first kappa shape index (κ1) is 17.4. The molecule has 0 amide bonds. The molecule has 0 radical (unpaired) electrons. The molecule has 0 spiro atoms. The van der Waals surface area contributed by atoms with Crippen molar-refractivity contribution in [2.45, 2.75) is 12.5 Å².